The molecule has 0 bridgehead atoms. The van der Waals surface area contributed by atoms with Crippen molar-refractivity contribution in [3.05, 3.63) is 0 Å². The molecule has 4 nitrogen and oxygen atoms in total. The summed E-state index contributed by atoms with van der Waals surface area (Å²) in [5, 5.41) is 0. The summed E-state index contributed by atoms with van der Waals surface area (Å²) >= 11 is 5.58. The van der Waals surface area contributed by atoms with Gasteiger partial charge in [0.1, 0.15) is 5.88 Å². The minimum atomic E-state index is -0.0133. The molecule has 0 aromatic carbocycles. The maximum absolute atomic E-state index is 11.6. The van der Waals surface area contributed by atoms with Crippen LogP contribution < -0.4 is 0 Å². The van der Waals surface area contributed by atoms with Gasteiger partial charge < -0.3 is 14.4 Å². The minimum absolute atomic E-state index is 0.0133. The normalized spacial score (nSPS) is 17.7. The summed E-state index contributed by atoms with van der Waals surface area (Å²) in [5.74, 6) is 0.0294. The first-order chi connectivity index (χ1) is 7.29. The zero-order valence-corrected chi connectivity index (χ0v) is 9.83. The molecule has 1 aliphatic rings. The Morgan fingerprint density at radius 1 is 1.53 bits per heavy atom. The molecule has 0 unspecified atom stereocenters. The van der Waals surface area contributed by atoms with Crippen molar-refractivity contribution in [3.63, 3.8) is 0 Å². The fraction of sp³-hybridized carbons (Fsp3) is 0.900. The zero-order valence-electron chi connectivity index (χ0n) is 9.08. The molecule has 0 N–H and O–H groups in total. The topological polar surface area (TPSA) is 38.8 Å². The van der Waals surface area contributed by atoms with E-state index in [0.717, 1.165) is 26.1 Å². The number of hydrogen-bond donors (Lipinski definition) is 0. The van der Waals surface area contributed by atoms with Crippen LogP contribution in [-0.4, -0.2) is 56.2 Å². The van der Waals surface area contributed by atoms with E-state index in [1.807, 2.05) is 4.90 Å². The highest BCUT2D eigenvalue weighted by molar-refractivity contribution is 6.27. The minimum Gasteiger partial charge on any atom is -0.383 e. The molecule has 88 valence electrons. The highest BCUT2D eigenvalue weighted by Crippen LogP contribution is 2.14. The van der Waals surface area contributed by atoms with Crippen LogP contribution in [0.3, 0.4) is 0 Å². The third-order valence-corrected chi connectivity index (χ3v) is 2.83. The van der Waals surface area contributed by atoms with E-state index in [1.165, 1.54) is 0 Å². The van der Waals surface area contributed by atoms with E-state index in [1.54, 1.807) is 7.11 Å². The zero-order chi connectivity index (χ0) is 11.1. The molecular formula is C10H18ClNO3. The second-order valence-electron chi connectivity index (χ2n) is 3.56. The van der Waals surface area contributed by atoms with E-state index in [-0.39, 0.29) is 17.8 Å². The molecule has 0 atom stereocenters. The van der Waals surface area contributed by atoms with E-state index in [0.29, 0.717) is 13.2 Å². The van der Waals surface area contributed by atoms with Gasteiger partial charge in [0, 0.05) is 32.9 Å². The lowest BCUT2D eigenvalue weighted by molar-refractivity contribution is -0.133. The molecule has 1 saturated heterocycles. The second-order valence-corrected chi connectivity index (χ2v) is 3.82. The van der Waals surface area contributed by atoms with Crippen molar-refractivity contribution in [1.29, 1.82) is 0 Å². The van der Waals surface area contributed by atoms with Crippen molar-refractivity contribution in [3.8, 4) is 0 Å². The van der Waals surface area contributed by atoms with Crippen molar-refractivity contribution < 1.29 is 14.3 Å². The smallest absolute Gasteiger partial charge is 0.237 e. The molecule has 0 aromatic heterocycles. The molecule has 0 aliphatic carbocycles. The highest BCUT2D eigenvalue weighted by Gasteiger charge is 2.24. The number of carbonyl (C=O) groups is 1. The van der Waals surface area contributed by atoms with Crippen LogP contribution in [0.1, 0.15) is 12.8 Å². The highest BCUT2D eigenvalue weighted by atomic mass is 35.5. The molecule has 0 saturated carbocycles. The Hall–Kier alpha value is -0.320. The van der Waals surface area contributed by atoms with E-state index in [2.05, 4.69) is 0 Å². The molecule has 5 heteroatoms. The lowest BCUT2D eigenvalue weighted by Crippen LogP contribution is -2.45. The quantitative estimate of drug-likeness (QED) is 0.664. The van der Waals surface area contributed by atoms with Crippen LogP contribution in [-0.2, 0) is 14.3 Å². The average molecular weight is 236 g/mol. The summed E-state index contributed by atoms with van der Waals surface area (Å²) in [6.07, 6.45) is 1.79. The number of alkyl halides is 1. The number of carbonyl (C=O) groups excluding carboxylic acids is 1. The van der Waals surface area contributed by atoms with Gasteiger partial charge in [-0.3, -0.25) is 4.79 Å². The maximum atomic E-state index is 11.6. The largest absolute Gasteiger partial charge is 0.383 e. The Morgan fingerprint density at radius 3 is 2.73 bits per heavy atom. The molecule has 0 aromatic rings. The van der Waals surface area contributed by atoms with Crippen molar-refractivity contribution in [2.24, 2.45) is 0 Å². The van der Waals surface area contributed by atoms with E-state index < -0.39 is 0 Å². The predicted octanol–water partition coefficient (Wildman–Crippen LogP) is 0.879. The maximum Gasteiger partial charge on any atom is 0.237 e. The van der Waals surface area contributed by atoms with Gasteiger partial charge in [-0.25, -0.2) is 0 Å². The van der Waals surface area contributed by atoms with Crippen molar-refractivity contribution in [1.82, 2.24) is 4.90 Å². The third kappa shape index (κ3) is 3.97. The summed E-state index contributed by atoms with van der Waals surface area (Å²) in [6, 6.07) is 0.264. The van der Waals surface area contributed by atoms with Crippen LogP contribution in [0.5, 0.6) is 0 Å². The molecule has 1 fully saturated rings. The Balaban J connectivity index is 2.49. The van der Waals surface area contributed by atoms with Gasteiger partial charge >= 0.3 is 0 Å². The number of halogens is 1. The van der Waals surface area contributed by atoms with Crippen LogP contribution in [0, 0.1) is 0 Å². The second kappa shape index (κ2) is 7.04. The number of amides is 1. The van der Waals surface area contributed by atoms with Crippen LogP contribution in [0.25, 0.3) is 0 Å². The summed E-state index contributed by atoms with van der Waals surface area (Å²) in [4.78, 5) is 13.4. The lowest BCUT2D eigenvalue weighted by atomic mass is 10.1. The lowest BCUT2D eigenvalue weighted by Gasteiger charge is -2.33. The third-order valence-electron chi connectivity index (χ3n) is 2.60. The Morgan fingerprint density at radius 2 is 2.20 bits per heavy atom. The summed E-state index contributed by atoms with van der Waals surface area (Å²) < 4.78 is 10.3. The first-order valence-electron chi connectivity index (χ1n) is 5.21. The molecule has 1 amide bonds. The van der Waals surface area contributed by atoms with Gasteiger partial charge in [-0.1, -0.05) is 0 Å². The standard InChI is InChI=1S/C10H18ClNO3/c1-14-7-4-12(10(13)8-11)9-2-5-15-6-3-9/h9H,2-8H2,1H3. The van der Waals surface area contributed by atoms with Gasteiger partial charge in [0.05, 0.1) is 6.61 Å². The Kier molecular flexibility index (Phi) is 5.98. The van der Waals surface area contributed by atoms with E-state index in [9.17, 15) is 4.79 Å². The summed E-state index contributed by atoms with van der Waals surface area (Å²) in [6.45, 7) is 2.63. The van der Waals surface area contributed by atoms with E-state index >= 15 is 0 Å². The van der Waals surface area contributed by atoms with Crippen molar-refractivity contribution >= 4 is 17.5 Å². The Bertz CT molecular complexity index is 195. The van der Waals surface area contributed by atoms with Crippen LogP contribution in [0.15, 0.2) is 0 Å². The molecule has 1 heterocycles. The summed E-state index contributed by atoms with van der Waals surface area (Å²) in [7, 11) is 1.63. The molecular weight excluding hydrogens is 218 g/mol. The average Bonchev–Trinajstić information content (AvgIpc) is 2.30. The number of hydrogen-bond acceptors (Lipinski definition) is 3. The van der Waals surface area contributed by atoms with Crippen LogP contribution in [0.2, 0.25) is 0 Å². The summed E-state index contributed by atoms with van der Waals surface area (Å²) in [5.41, 5.74) is 0. The fourth-order valence-electron chi connectivity index (χ4n) is 1.77. The first-order valence-corrected chi connectivity index (χ1v) is 5.75. The van der Waals surface area contributed by atoms with Gasteiger partial charge in [0.2, 0.25) is 5.91 Å². The number of nitrogens with zero attached hydrogens (tertiary/aromatic N) is 1. The predicted molar refractivity (Wildman–Crippen MR) is 58.2 cm³/mol. The monoisotopic (exact) mass is 235 g/mol. The number of ether oxygens (including phenoxy) is 2. The van der Waals surface area contributed by atoms with Gasteiger partial charge in [0.25, 0.3) is 0 Å². The van der Waals surface area contributed by atoms with E-state index in [4.69, 9.17) is 21.1 Å². The fourth-order valence-corrected chi connectivity index (χ4v) is 1.93. The molecule has 1 aliphatic heterocycles. The Labute approximate surface area is 95.5 Å². The SMILES string of the molecule is COCCN(C(=O)CCl)C1CCOCC1. The van der Waals surface area contributed by atoms with Gasteiger partial charge in [-0.05, 0) is 12.8 Å². The number of rotatable bonds is 5. The number of methoxy groups -OCH3 is 1. The molecule has 0 radical (unpaired) electrons. The van der Waals surface area contributed by atoms with Crippen LogP contribution >= 0.6 is 11.6 Å². The van der Waals surface area contributed by atoms with Gasteiger partial charge in [0.15, 0.2) is 0 Å². The van der Waals surface area contributed by atoms with Gasteiger partial charge in [-0.2, -0.15) is 0 Å². The first kappa shape index (κ1) is 12.7. The van der Waals surface area contributed by atoms with Crippen molar-refractivity contribution in [2.45, 2.75) is 18.9 Å². The van der Waals surface area contributed by atoms with Gasteiger partial charge in [-0.15, -0.1) is 11.6 Å². The van der Waals surface area contributed by atoms with Crippen molar-refractivity contribution in [2.75, 3.05) is 39.4 Å². The van der Waals surface area contributed by atoms with Crippen LogP contribution in [0.4, 0.5) is 0 Å². The molecule has 1 rings (SSSR count). The molecule has 15 heavy (non-hydrogen) atoms. The molecule has 0 spiro atoms.